The highest BCUT2D eigenvalue weighted by molar-refractivity contribution is 7.98. The summed E-state index contributed by atoms with van der Waals surface area (Å²) in [7, 11) is 1.52. The van der Waals surface area contributed by atoms with Crippen LogP contribution in [0.1, 0.15) is 22.6 Å². The van der Waals surface area contributed by atoms with Crippen LogP contribution in [0.2, 0.25) is 0 Å². The number of amides is 1. The molecule has 1 atom stereocenters. The lowest BCUT2D eigenvalue weighted by Gasteiger charge is -2.17. The molecule has 2 N–H and O–H groups in total. The quantitative estimate of drug-likeness (QED) is 0.289. The minimum absolute atomic E-state index is 0.0808. The van der Waals surface area contributed by atoms with Crippen molar-refractivity contribution in [1.29, 1.82) is 0 Å². The molecule has 5 rings (SSSR count). The molecule has 1 aliphatic carbocycles. The average molecular weight is 532 g/mol. The van der Waals surface area contributed by atoms with Crippen molar-refractivity contribution >= 4 is 34.8 Å². The number of benzene rings is 3. The van der Waals surface area contributed by atoms with Crippen LogP contribution in [0.25, 0.3) is 22.1 Å². The Bertz CT molecular complexity index is 1520. The number of carbonyl (C=O) groups is 2. The van der Waals surface area contributed by atoms with Gasteiger partial charge in [0.2, 0.25) is 0 Å². The van der Waals surface area contributed by atoms with Crippen LogP contribution < -0.4 is 15.7 Å². The lowest BCUT2D eigenvalue weighted by atomic mass is 9.98. The van der Waals surface area contributed by atoms with E-state index >= 15 is 0 Å². The standard InChI is InChI=1S/C29H25NO7S/c1-35-18-10-11-19-17(12-27(31)37-26(19)13-18)15-38-16-25(28(32)33)30-29(34)36-14-24-22-8-4-2-6-20(22)21-7-3-5-9-23(21)24/h2-13,24-25H,14-16H2,1H3,(H,30,34)(H,32,33)/t25-/m0/s1. The number of thioether (sulfide) groups is 1. The minimum Gasteiger partial charge on any atom is -0.497 e. The van der Waals surface area contributed by atoms with E-state index in [1.54, 1.807) is 18.2 Å². The number of hydrogen-bond acceptors (Lipinski definition) is 7. The van der Waals surface area contributed by atoms with Gasteiger partial charge in [0.25, 0.3) is 0 Å². The van der Waals surface area contributed by atoms with Crippen LogP contribution in [0, 0.1) is 0 Å². The van der Waals surface area contributed by atoms with E-state index in [1.807, 2.05) is 48.5 Å². The van der Waals surface area contributed by atoms with Crippen LogP contribution in [0.15, 0.2) is 82.0 Å². The average Bonchev–Trinajstić information content (AvgIpc) is 3.24. The summed E-state index contributed by atoms with van der Waals surface area (Å²) in [6.07, 6.45) is -0.794. The zero-order chi connectivity index (χ0) is 26.6. The van der Waals surface area contributed by atoms with Gasteiger partial charge in [-0.2, -0.15) is 11.8 Å². The van der Waals surface area contributed by atoms with Gasteiger partial charge in [0, 0.05) is 34.9 Å². The highest BCUT2D eigenvalue weighted by Crippen LogP contribution is 2.44. The fourth-order valence-electron chi connectivity index (χ4n) is 4.70. The first-order valence-corrected chi connectivity index (χ1v) is 13.1. The van der Waals surface area contributed by atoms with E-state index in [0.717, 1.165) is 27.6 Å². The molecule has 1 aliphatic rings. The van der Waals surface area contributed by atoms with Crippen molar-refractivity contribution in [1.82, 2.24) is 5.32 Å². The number of fused-ring (bicyclic) bond motifs is 4. The largest absolute Gasteiger partial charge is 0.497 e. The molecule has 0 bridgehead atoms. The molecule has 0 aliphatic heterocycles. The molecular formula is C29H25NO7S. The van der Waals surface area contributed by atoms with Crippen LogP contribution in [-0.2, 0) is 15.3 Å². The molecule has 0 saturated carbocycles. The van der Waals surface area contributed by atoms with Crippen molar-refractivity contribution in [2.24, 2.45) is 0 Å². The first kappa shape index (κ1) is 25.4. The van der Waals surface area contributed by atoms with Crippen molar-refractivity contribution < 1.29 is 28.6 Å². The van der Waals surface area contributed by atoms with Gasteiger partial charge >= 0.3 is 17.7 Å². The molecule has 1 amide bonds. The Labute approximate surface area is 222 Å². The van der Waals surface area contributed by atoms with Gasteiger partial charge < -0.3 is 24.3 Å². The van der Waals surface area contributed by atoms with Gasteiger partial charge in [-0.25, -0.2) is 14.4 Å². The Morgan fingerprint density at radius 1 is 1.03 bits per heavy atom. The number of carboxylic acid groups (broad SMARTS) is 1. The molecule has 1 aromatic heterocycles. The van der Waals surface area contributed by atoms with Crippen molar-refractivity contribution in [3.05, 3.63) is 99.9 Å². The summed E-state index contributed by atoms with van der Waals surface area (Å²) < 4.78 is 15.9. The van der Waals surface area contributed by atoms with Gasteiger partial charge in [-0.3, -0.25) is 0 Å². The van der Waals surface area contributed by atoms with Crippen molar-refractivity contribution in [2.75, 3.05) is 19.5 Å². The van der Waals surface area contributed by atoms with E-state index in [2.05, 4.69) is 5.32 Å². The predicted octanol–water partition coefficient (Wildman–Crippen LogP) is 5.03. The summed E-state index contributed by atoms with van der Waals surface area (Å²) in [4.78, 5) is 36.4. The van der Waals surface area contributed by atoms with E-state index < -0.39 is 23.7 Å². The summed E-state index contributed by atoms with van der Waals surface area (Å²) >= 11 is 1.28. The molecule has 0 saturated heterocycles. The van der Waals surface area contributed by atoms with Crippen LogP contribution in [0.5, 0.6) is 5.75 Å². The first-order valence-electron chi connectivity index (χ1n) is 12.0. The van der Waals surface area contributed by atoms with Gasteiger partial charge in [0.05, 0.1) is 7.11 Å². The Morgan fingerprint density at radius 2 is 1.71 bits per heavy atom. The van der Waals surface area contributed by atoms with Crippen molar-refractivity contribution in [3.63, 3.8) is 0 Å². The highest BCUT2D eigenvalue weighted by atomic mass is 32.2. The maximum atomic E-state index is 12.6. The molecule has 0 radical (unpaired) electrons. The molecule has 0 fully saturated rings. The fourth-order valence-corrected chi connectivity index (χ4v) is 5.74. The molecule has 194 valence electrons. The predicted molar refractivity (Wildman–Crippen MR) is 145 cm³/mol. The second-order valence-electron chi connectivity index (χ2n) is 8.83. The Hall–Kier alpha value is -4.24. The summed E-state index contributed by atoms with van der Waals surface area (Å²) in [5.41, 5.74) is 4.95. The number of carboxylic acids is 1. The molecule has 4 aromatic rings. The molecule has 9 heteroatoms. The fraction of sp³-hybridized carbons (Fsp3) is 0.207. The van der Waals surface area contributed by atoms with Crippen LogP contribution in [0.3, 0.4) is 0 Å². The number of hydrogen-bond donors (Lipinski definition) is 2. The van der Waals surface area contributed by atoms with Crippen LogP contribution in [0.4, 0.5) is 4.79 Å². The molecule has 8 nitrogen and oxygen atoms in total. The summed E-state index contributed by atoms with van der Waals surface area (Å²) in [5.74, 6) is -0.304. The van der Waals surface area contributed by atoms with Gasteiger partial charge in [0.15, 0.2) is 0 Å². The Kier molecular flexibility index (Phi) is 7.37. The van der Waals surface area contributed by atoms with E-state index in [9.17, 15) is 19.5 Å². The summed E-state index contributed by atoms with van der Waals surface area (Å²) in [5, 5.41) is 12.9. The normalized spacial score (nSPS) is 13.0. The van der Waals surface area contributed by atoms with E-state index in [4.69, 9.17) is 13.9 Å². The van der Waals surface area contributed by atoms with Gasteiger partial charge in [0.1, 0.15) is 24.0 Å². The van der Waals surface area contributed by atoms with E-state index in [0.29, 0.717) is 22.6 Å². The number of rotatable bonds is 9. The molecule has 1 heterocycles. The van der Waals surface area contributed by atoms with Gasteiger partial charge in [-0.1, -0.05) is 48.5 Å². The molecule has 0 spiro atoms. The third kappa shape index (κ3) is 5.24. The smallest absolute Gasteiger partial charge is 0.407 e. The number of methoxy groups -OCH3 is 1. The monoisotopic (exact) mass is 531 g/mol. The minimum atomic E-state index is -1.17. The molecule has 38 heavy (non-hydrogen) atoms. The maximum absolute atomic E-state index is 12.6. The first-order chi connectivity index (χ1) is 18.4. The van der Waals surface area contributed by atoms with Crippen molar-refractivity contribution in [2.45, 2.75) is 17.7 Å². The van der Waals surface area contributed by atoms with E-state index in [-0.39, 0.29) is 18.3 Å². The number of alkyl carbamates (subject to hydrolysis) is 1. The van der Waals surface area contributed by atoms with Gasteiger partial charge in [-0.05, 0) is 39.9 Å². The summed E-state index contributed by atoms with van der Waals surface area (Å²) in [6, 6.07) is 21.4. The number of ether oxygens (including phenoxy) is 2. The van der Waals surface area contributed by atoms with Crippen LogP contribution >= 0.6 is 11.8 Å². The van der Waals surface area contributed by atoms with Crippen LogP contribution in [-0.4, -0.2) is 42.7 Å². The zero-order valence-corrected chi connectivity index (χ0v) is 21.3. The number of carbonyl (C=O) groups excluding carboxylic acids is 1. The van der Waals surface area contributed by atoms with E-state index in [1.165, 1.54) is 24.9 Å². The second kappa shape index (κ2) is 11.0. The second-order valence-corrected chi connectivity index (χ2v) is 9.86. The molecule has 0 unspecified atom stereocenters. The SMILES string of the molecule is COc1ccc2c(CSC[C@H](NC(=O)OCC3c4ccccc4-c4ccccc43)C(=O)O)cc(=O)oc2c1. The Balaban J connectivity index is 1.20. The molecular weight excluding hydrogens is 506 g/mol. The summed E-state index contributed by atoms with van der Waals surface area (Å²) in [6.45, 7) is 0.0919. The van der Waals surface area contributed by atoms with Crippen molar-refractivity contribution in [3.8, 4) is 16.9 Å². The lowest BCUT2D eigenvalue weighted by Crippen LogP contribution is -2.43. The maximum Gasteiger partial charge on any atom is 0.407 e. The third-order valence-corrected chi connectivity index (χ3v) is 7.60. The number of nitrogens with one attached hydrogen (secondary N) is 1. The lowest BCUT2D eigenvalue weighted by molar-refractivity contribution is -0.138. The highest BCUT2D eigenvalue weighted by Gasteiger charge is 2.29. The third-order valence-electron chi connectivity index (χ3n) is 6.51. The van der Waals surface area contributed by atoms with Gasteiger partial charge in [-0.15, -0.1) is 0 Å². The Morgan fingerprint density at radius 3 is 2.37 bits per heavy atom. The zero-order valence-electron chi connectivity index (χ0n) is 20.5. The molecule has 3 aromatic carbocycles. The topological polar surface area (TPSA) is 115 Å². The number of aliphatic carboxylic acids is 1.